The zero-order valence-electron chi connectivity index (χ0n) is 12.0. The van der Waals surface area contributed by atoms with Crippen LogP contribution in [0.2, 0.25) is 0 Å². The third-order valence-corrected chi connectivity index (χ3v) is 5.23. The van der Waals surface area contributed by atoms with E-state index in [4.69, 9.17) is 4.98 Å². The molecule has 0 spiro atoms. The molecule has 0 aromatic carbocycles. The second-order valence-electron chi connectivity index (χ2n) is 5.83. The molecule has 0 N–H and O–H groups in total. The third-order valence-electron chi connectivity index (χ3n) is 4.29. The lowest BCUT2D eigenvalue weighted by Gasteiger charge is -2.08. The molecule has 0 radical (unpaired) electrons. The quantitative estimate of drug-likeness (QED) is 0.667. The molecule has 2 aromatic heterocycles. The summed E-state index contributed by atoms with van der Waals surface area (Å²) in [6, 6.07) is 0. The SMILES string of the molecule is Cc1csc2nc3c(n12)CCCCCCCCCC3. The molecule has 3 heteroatoms. The van der Waals surface area contributed by atoms with Crippen molar-refractivity contribution in [2.75, 3.05) is 0 Å². The van der Waals surface area contributed by atoms with Gasteiger partial charge in [-0.2, -0.15) is 0 Å². The van der Waals surface area contributed by atoms with Crippen molar-refractivity contribution in [2.24, 2.45) is 0 Å². The molecule has 0 aliphatic heterocycles. The van der Waals surface area contributed by atoms with Gasteiger partial charge >= 0.3 is 0 Å². The summed E-state index contributed by atoms with van der Waals surface area (Å²) >= 11 is 1.79. The van der Waals surface area contributed by atoms with Crippen molar-refractivity contribution in [3.63, 3.8) is 0 Å². The molecular weight excluding hydrogens is 252 g/mol. The monoisotopic (exact) mass is 276 g/mol. The summed E-state index contributed by atoms with van der Waals surface area (Å²) in [6.45, 7) is 2.21. The second-order valence-corrected chi connectivity index (χ2v) is 6.67. The Morgan fingerprint density at radius 1 is 0.947 bits per heavy atom. The van der Waals surface area contributed by atoms with Crippen molar-refractivity contribution in [2.45, 2.75) is 71.1 Å². The molecule has 0 atom stereocenters. The van der Waals surface area contributed by atoms with E-state index in [-0.39, 0.29) is 0 Å². The highest BCUT2D eigenvalue weighted by molar-refractivity contribution is 7.15. The fraction of sp³-hybridized carbons (Fsp3) is 0.688. The van der Waals surface area contributed by atoms with Crippen molar-refractivity contribution < 1.29 is 0 Å². The predicted octanol–water partition coefficient (Wildman–Crippen LogP) is 4.92. The summed E-state index contributed by atoms with van der Waals surface area (Å²) in [7, 11) is 0. The summed E-state index contributed by atoms with van der Waals surface area (Å²) in [5.41, 5.74) is 4.26. The van der Waals surface area contributed by atoms with E-state index in [1.165, 1.54) is 86.3 Å². The van der Waals surface area contributed by atoms with Crippen LogP contribution in [0.1, 0.15) is 68.4 Å². The van der Waals surface area contributed by atoms with E-state index in [0.29, 0.717) is 0 Å². The summed E-state index contributed by atoms with van der Waals surface area (Å²) < 4.78 is 2.41. The van der Waals surface area contributed by atoms with Gasteiger partial charge in [0.05, 0.1) is 5.69 Å². The molecule has 2 nitrogen and oxygen atoms in total. The first-order chi connectivity index (χ1) is 9.36. The number of fused-ring (bicyclic) bond motifs is 3. The largest absolute Gasteiger partial charge is 0.292 e. The van der Waals surface area contributed by atoms with Gasteiger partial charge in [-0.1, -0.05) is 38.5 Å². The summed E-state index contributed by atoms with van der Waals surface area (Å²) in [6.07, 6.45) is 13.5. The average Bonchev–Trinajstić information content (AvgIpc) is 2.91. The summed E-state index contributed by atoms with van der Waals surface area (Å²) in [5.74, 6) is 0. The highest BCUT2D eigenvalue weighted by Crippen LogP contribution is 2.24. The Hall–Kier alpha value is -0.830. The number of aryl methyl sites for hydroxylation is 3. The number of hydrogen-bond donors (Lipinski definition) is 0. The Kier molecular flexibility index (Phi) is 4.21. The van der Waals surface area contributed by atoms with Crippen LogP contribution in [-0.2, 0) is 12.8 Å². The Labute approximate surface area is 119 Å². The van der Waals surface area contributed by atoms with E-state index in [1.54, 1.807) is 11.3 Å². The van der Waals surface area contributed by atoms with E-state index in [9.17, 15) is 0 Å². The Bertz CT molecular complexity index is 538. The number of imidazole rings is 1. The van der Waals surface area contributed by atoms with Gasteiger partial charge in [-0.25, -0.2) is 4.98 Å². The Balaban J connectivity index is 1.88. The van der Waals surface area contributed by atoms with Gasteiger partial charge in [0, 0.05) is 16.8 Å². The summed E-state index contributed by atoms with van der Waals surface area (Å²) in [4.78, 5) is 6.09. The minimum absolute atomic E-state index is 1.18. The highest BCUT2D eigenvalue weighted by atomic mass is 32.1. The van der Waals surface area contributed by atoms with Gasteiger partial charge in [-0.3, -0.25) is 4.40 Å². The van der Waals surface area contributed by atoms with Gasteiger partial charge in [0.2, 0.25) is 0 Å². The molecule has 0 amide bonds. The Morgan fingerprint density at radius 3 is 2.32 bits per heavy atom. The number of thiazole rings is 1. The molecule has 0 saturated carbocycles. The molecule has 3 rings (SSSR count). The maximum Gasteiger partial charge on any atom is 0.194 e. The lowest BCUT2D eigenvalue weighted by atomic mass is 10.0. The van der Waals surface area contributed by atoms with Gasteiger partial charge in [0.25, 0.3) is 0 Å². The van der Waals surface area contributed by atoms with Crippen LogP contribution in [0.25, 0.3) is 4.96 Å². The molecule has 0 saturated heterocycles. The number of rotatable bonds is 0. The van der Waals surface area contributed by atoms with Crippen LogP contribution in [0, 0.1) is 6.92 Å². The van der Waals surface area contributed by atoms with Crippen LogP contribution in [0.3, 0.4) is 0 Å². The Morgan fingerprint density at radius 2 is 1.58 bits per heavy atom. The second kappa shape index (κ2) is 6.08. The van der Waals surface area contributed by atoms with Crippen LogP contribution < -0.4 is 0 Å². The van der Waals surface area contributed by atoms with Crippen LogP contribution in [0.4, 0.5) is 0 Å². The van der Waals surface area contributed by atoms with Crippen LogP contribution in [0.5, 0.6) is 0 Å². The number of hydrogen-bond acceptors (Lipinski definition) is 2. The minimum Gasteiger partial charge on any atom is -0.292 e. The van der Waals surface area contributed by atoms with Gasteiger partial charge < -0.3 is 0 Å². The van der Waals surface area contributed by atoms with Crippen molar-refractivity contribution >= 4 is 16.3 Å². The molecule has 2 aromatic rings. The van der Waals surface area contributed by atoms with Crippen molar-refractivity contribution in [3.8, 4) is 0 Å². The molecule has 104 valence electrons. The van der Waals surface area contributed by atoms with Gasteiger partial charge in [0.1, 0.15) is 0 Å². The molecule has 19 heavy (non-hydrogen) atoms. The van der Waals surface area contributed by atoms with Crippen molar-refractivity contribution in [3.05, 3.63) is 22.5 Å². The fourth-order valence-electron chi connectivity index (χ4n) is 3.21. The van der Waals surface area contributed by atoms with E-state index in [2.05, 4.69) is 16.7 Å². The van der Waals surface area contributed by atoms with E-state index in [0.717, 1.165) is 0 Å². The smallest absolute Gasteiger partial charge is 0.194 e. The van der Waals surface area contributed by atoms with Crippen molar-refractivity contribution in [1.29, 1.82) is 0 Å². The molecule has 0 unspecified atom stereocenters. The molecule has 1 aliphatic carbocycles. The van der Waals surface area contributed by atoms with Crippen molar-refractivity contribution in [1.82, 2.24) is 9.38 Å². The molecular formula is C16H24N2S. The fourth-order valence-corrected chi connectivity index (χ4v) is 4.11. The molecule has 2 heterocycles. The van der Waals surface area contributed by atoms with E-state index < -0.39 is 0 Å². The third kappa shape index (κ3) is 2.86. The maximum absolute atomic E-state index is 4.88. The average molecular weight is 276 g/mol. The topological polar surface area (TPSA) is 17.3 Å². The van der Waals surface area contributed by atoms with E-state index >= 15 is 0 Å². The molecule has 1 aliphatic rings. The zero-order chi connectivity index (χ0) is 13.1. The number of aromatic nitrogens is 2. The van der Waals surface area contributed by atoms with Gasteiger partial charge in [0.15, 0.2) is 4.96 Å². The maximum atomic E-state index is 4.88. The van der Waals surface area contributed by atoms with Crippen LogP contribution in [-0.4, -0.2) is 9.38 Å². The summed E-state index contributed by atoms with van der Waals surface area (Å²) in [5, 5.41) is 2.23. The lowest BCUT2D eigenvalue weighted by Crippen LogP contribution is -2.00. The minimum atomic E-state index is 1.18. The first kappa shape index (κ1) is 13.2. The van der Waals surface area contributed by atoms with Crippen LogP contribution in [0.15, 0.2) is 5.38 Å². The lowest BCUT2D eigenvalue weighted by molar-refractivity contribution is 0.555. The van der Waals surface area contributed by atoms with Crippen LogP contribution >= 0.6 is 11.3 Å². The standard InChI is InChI=1S/C16H24N2S/c1-13-12-19-16-17-14-10-8-6-4-2-3-5-7-9-11-15(14)18(13)16/h12H,2-11H2,1H3. The first-order valence-electron chi connectivity index (χ1n) is 7.80. The molecule has 0 bridgehead atoms. The highest BCUT2D eigenvalue weighted by Gasteiger charge is 2.14. The predicted molar refractivity (Wildman–Crippen MR) is 82.2 cm³/mol. The zero-order valence-corrected chi connectivity index (χ0v) is 12.8. The van der Waals surface area contributed by atoms with Gasteiger partial charge in [-0.05, 0) is 32.6 Å². The molecule has 0 fully saturated rings. The van der Waals surface area contributed by atoms with Gasteiger partial charge in [-0.15, -0.1) is 11.3 Å². The number of nitrogens with zero attached hydrogens (tertiary/aromatic N) is 2. The van der Waals surface area contributed by atoms with E-state index in [1.807, 2.05) is 0 Å². The normalized spacial score (nSPS) is 18.8. The first-order valence-corrected chi connectivity index (χ1v) is 8.68.